The van der Waals surface area contributed by atoms with Crippen molar-refractivity contribution in [3.63, 3.8) is 0 Å². The van der Waals surface area contributed by atoms with Gasteiger partial charge in [-0.3, -0.25) is 0 Å². The Hall–Kier alpha value is -1.67. The van der Waals surface area contributed by atoms with Crippen LogP contribution in [0.3, 0.4) is 0 Å². The average molecular weight is 290 g/mol. The lowest BCUT2D eigenvalue weighted by atomic mass is 9.96. The lowest BCUT2D eigenvalue weighted by Gasteiger charge is -2.27. The minimum absolute atomic E-state index is 0.548. The number of aliphatic carboxylic acids is 1. The number of hydrogen-bond donors (Lipinski definition) is 2. The Labute approximate surface area is 123 Å². The van der Waals surface area contributed by atoms with Gasteiger partial charge in [0.2, 0.25) is 0 Å². The normalized spacial score (nSPS) is 16.6. The molecule has 2 N–H and O–H groups in total. The van der Waals surface area contributed by atoms with Crippen molar-refractivity contribution in [1.29, 1.82) is 5.26 Å². The zero-order valence-electron chi connectivity index (χ0n) is 11.5. The lowest BCUT2D eigenvalue weighted by molar-refractivity contribution is -0.142. The molecule has 20 heavy (non-hydrogen) atoms. The number of rotatable bonds is 5. The first-order valence-electron chi connectivity index (χ1n) is 6.80. The molecule has 0 spiro atoms. The summed E-state index contributed by atoms with van der Waals surface area (Å²) in [5, 5.41) is 22.0. The van der Waals surface area contributed by atoms with Crippen LogP contribution in [0.25, 0.3) is 0 Å². The zero-order chi connectivity index (χ0) is 14.6. The van der Waals surface area contributed by atoms with Gasteiger partial charge in [-0.15, -0.1) is 11.8 Å². The summed E-state index contributed by atoms with van der Waals surface area (Å²) >= 11 is 1.60. The predicted molar refractivity (Wildman–Crippen MR) is 80.0 cm³/mol. The fraction of sp³-hybridized carbons (Fsp3) is 0.467. The Morgan fingerprint density at radius 1 is 1.50 bits per heavy atom. The molecule has 1 saturated carbocycles. The third kappa shape index (κ3) is 2.75. The molecule has 1 aliphatic rings. The van der Waals surface area contributed by atoms with E-state index in [2.05, 4.69) is 11.4 Å². The van der Waals surface area contributed by atoms with Crippen LogP contribution in [-0.4, -0.2) is 22.4 Å². The molecular weight excluding hydrogens is 272 g/mol. The van der Waals surface area contributed by atoms with E-state index in [0.717, 1.165) is 23.5 Å². The highest BCUT2D eigenvalue weighted by Gasteiger charge is 2.41. The Morgan fingerprint density at radius 3 is 2.75 bits per heavy atom. The van der Waals surface area contributed by atoms with E-state index in [1.165, 1.54) is 0 Å². The van der Waals surface area contributed by atoms with Gasteiger partial charge in [-0.2, -0.15) is 5.26 Å². The summed E-state index contributed by atoms with van der Waals surface area (Å²) in [5.41, 5.74) is 0.267. The van der Waals surface area contributed by atoms with Crippen molar-refractivity contribution in [3.8, 4) is 6.07 Å². The number of nitrogens with zero attached hydrogens (tertiary/aromatic N) is 1. The van der Waals surface area contributed by atoms with E-state index in [4.69, 9.17) is 0 Å². The number of carboxylic acids is 1. The van der Waals surface area contributed by atoms with Crippen molar-refractivity contribution in [3.05, 3.63) is 23.8 Å². The van der Waals surface area contributed by atoms with Crippen LogP contribution >= 0.6 is 11.8 Å². The number of benzene rings is 1. The van der Waals surface area contributed by atoms with Gasteiger partial charge in [0.1, 0.15) is 11.6 Å². The fourth-order valence-corrected chi connectivity index (χ4v) is 3.44. The molecule has 1 aliphatic carbocycles. The molecule has 1 fully saturated rings. The number of carboxylic acid groups (broad SMARTS) is 1. The molecule has 0 atom stereocenters. The number of anilines is 1. The van der Waals surface area contributed by atoms with Crippen molar-refractivity contribution in [2.24, 2.45) is 0 Å². The highest BCUT2D eigenvalue weighted by molar-refractivity contribution is 7.99. The van der Waals surface area contributed by atoms with E-state index in [0.29, 0.717) is 24.1 Å². The van der Waals surface area contributed by atoms with Gasteiger partial charge in [0.15, 0.2) is 0 Å². The Bertz CT molecular complexity index is 545. The fourth-order valence-electron chi connectivity index (χ4n) is 2.66. The van der Waals surface area contributed by atoms with Crippen LogP contribution in [0.5, 0.6) is 0 Å². The molecule has 0 saturated heterocycles. The molecule has 0 bridgehead atoms. The number of nitrogens with one attached hydrogen (secondary N) is 1. The summed E-state index contributed by atoms with van der Waals surface area (Å²) in [7, 11) is 0. The molecule has 2 rings (SSSR count). The van der Waals surface area contributed by atoms with Gasteiger partial charge in [-0.05, 0) is 30.7 Å². The highest BCUT2D eigenvalue weighted by Crippen LogP contribution is 2.36. The van der Waals surface area contributed by atoms with Gasteiger partial charge in [-0.1, -0.05) is 25.8 Å². The number of nitriles is 1. The number of carbonyl (C=O) groups is 1. The third-order valence-electron chi connectivity index (χ3n) is 3.68. The maximum Gasteiger partial charge on any atom is 0.329 e. The molecule has 0 heterocycles. The first-order valence-corrected chi connectivity index (χ1v) is 7.79. The number of thioether (sulfide) groups is 1. The topological polar surface area (TPSA) is 73.1 Å². The first kappa shape index (κ1) is 14.7. The monoisotopic (exact) mass is 290 g/mol. The van der Waals surface area contributed by atoms with Gasteiger partial charge >= 0.3 is 5.97 Å². The van der Waals surface area contributed by atoms with E-state index in [1.807, 2.05) is 19.1 Å². The van der Waals surface area contributed by atoms with Gasteiger partial charge in [0, 0.05) is 4.90 Å². The minimum Gasteiger partial charge on any atom is -0.480 e. The molecule has 1 aromatic carbocycles. The third-order valence-corrected chi connectivity index (χ3v) is 4.62. The first-order chi connectivity index (χ1) is 9.63. The van der Waals surface area contributed by atoms with E-state index >= 15 is 0 Å². The van der Waals surface area contributed by atoms with Crippen molar-refractivity contribution in [1.82, 2.24) is 0 Å². The van der Waals surface area contributed by atoms with Crippen molar-refractivity contribution < 1.29 is 9.90 Å². The molecule has 0 unspecified atom stereocenters. The van der Waals surface area contributed by atoms with Crippen molar-refractivity contribution in [2.45, 2.75) is 43.0 Å². The molecule has 0 amide bonds. The zero-order valence-corrected chi connectivity index (χ0v) is 12.3. The van der Waals surface area contributed by atoms with Crippen LogP contribution in [0, 0.1) is 11.3 Å². The molecule has 4 nitrogen and oxygen atoms in total. The van der Waals surface area contributed by atoms with E-state index < -0.39 is 11.5 Å². The second kappa shape index (κ2) is 6.19. The van der Waals surface area contributed by atoms with Gasteiger partial charge in [0.05, 0.1) is 11.3 Å². The van der Waals surface area contributed by atoms with Gasteiger partial charge < -0.3 is 10.4 Å². The van der Waals surface area contributed by atoms with Crippen LogP contribution < -0.4 is 5.32 Å². The molecule has 0 aromatic heterocycles. The SMILES string of the molecule is CCSc1cccc(NC2(C(=O)O)CCCC2)c1C#N. The number of hydrogen-bond acceptors (Lipinski definition) is 4. The molecule has 0 aliphatic heterocycles. The summed E-state index contributed by atoms with van der Waals surface area (Å²) in [4.78, 5) is 12.5. The molecule has 5 heteroatoms. The van der Waals surface area contributed by atoms with Crippen molar-refractivity contribution in [2.75, 3.05) is 11.1 Å². The standard InChI is InChI=1S/C15H18N2O2S/c1-2-20-13-7-5-6-12(11(13)10-16)17-15(14(18)19)8-3-4-9-15/h5-7,17H,2-4,8-9H2,1H3,(H,18,19). The van der Waals surface area contributed by atoms with E-state index in [1.54, 1.807) is 17.8 Å². The van der Waals surface area contributed by atoms with Crippen LogP contribution in [0.15, 0.2) is 23.1 Å². The highest BCUT2D eigenvalue weighted by atomic mass is 32.2. The van der Waals surface area contributed by atoms with Gasteiger partial charge in [0.25, 0.3) is 0 Å². The summed E-state index contributed by atoms with van der Waals surface area (Å²) < 4.78 is 0. The molecule has 0 radical (unpaired) electrons. The van der Waals surface area contributed by atoms with Crippen LogP contribution in [0.4, 0.5) is 5.69 Å². The Kier molecular flexibility index (Phi) is 4.56. The van der Waals surface area contributed by atoms with Crippen molar-refractivity contribution >= 4 is 23.4 Å². The quantitative estimate of drug-likeness (QED) is 0.812. The second-order valence-electron chi connectivity index (χ2n) is 4.94. The summed E-state index contributed by atoms with van der Waals surface area (Å²) in [6.07, 6.45) is 3.03. The predicted octanol–water partition coefficient (Wildman–Crippen LogP) is 3.48. The average Bonchev–Trinajstić information content (AvgIpc) is 2.89. The van der Waals surface area contributed by atoms with Crippen LogP contribution in [0.1, 0.15) is 38.2 Å². The smallest absolute Gasteiger partial charge is 0.329 e. The van der Waals surface area contributed by atoms with E-state index in [-0.39, 0.29) is 0 Å². The molecule has 1 aromatic rings. The largest absolute Gasteiger partial charge is 0.480 e. The van der Waals surface area contributed by atoms with Crippen LogP contribution in [-0.2, 0) is 4.79 Å². The Balaban J connectivity index is 2.36. The Morgan fingerprint density at radius 2 is 2.20 bits per heavy atom. The summed E-state index contributed by atoms with van der Waals surface area (Å²) in [6, 6.07) is 7.77. The van der Waals surface area contributed by atoms with Gasteiger partial charge in [-0.25, -0.2) is 4.79 Å². The molecular formula is C15H18N2O2S. The summed E-state index contributed by atoms with van der Waals surface area (Å²) in [6.45, 7) is 2.03. The summed E-state index contributed by atoms with van der Waals surface area (Å²) in [5.74, 6) is 0.0507. The maximum atomic E-state index is 11.6. The lowest BCUT2D eigenvalue weighted by Crippen LogP contribution is -2.43. The van der Waals surface area contributed by atoms with Crippen LogP contribution in [0.2, 0.25) is 0 Å². The molecule has 106 valence electrons. The second-order valence-corrected chi connectivity index (χ2v) is 6.25. The maximum absolute atomic E-state index is 11.6. The van der Waals surface area contributed by atoms with E-state index in [9.17, 15) is 15.2 Å². The minimum atomic E-state index is -0.916.